The number of hydrogen-bond donors (Lipinski definition) is 0. The lowest BCUT2D eigenvalue weighted by atomic mass is 10.1. The molecule has 3 aromatic carbocycles. The number of hydrogen-bond acceptors (Lipinski definition) is 1. The minimum Gasteiger partial charge on any atom is -0.345 e. The molecule has 30 heavy (non-hydrogen) atoms. The Labute approximate surface area is 182 Å². The summed E-state index contributed by atoms with van der Waals surface area (Å²) in [6, 6.07) is 31.6. The smallest absolute Gasteiger partial charge is 0.254 e. The van der Waals surface area contributed by atoms with Gasteiger partial charge < -0.3 is 9.47 Å². The van der Waals surface area contributed by atoms with Gasteiger partial charge in [0.15, 0.2) is 0 Å². The summed E-state index contributed by atoms with van der Waals surface area (Å²) < 4.78 is 2.20. The summed E-state index contributed by atoms with van der Waals surface area (Å²) in [5.41, 5.74) is 4.06. The van der Waals surface area contributed by atoms with E-state index in [9.17, 15) is 4.79 Å². The first kappa shape index (κ1) is 20.0. The van der Waals surface area contributed by atoms with E-state index in [0.717, 1.165) is 17.8 Å². The van der Waals surface area contributed by atoms with Gasteiger partial charge in [-0.25, -0.2) is 0 Å². The van der Waals surface area contributed by atoms with E-state index >= 15 is 0 Å². The Morgan fingerprint density at radius 2 is 1.37 bits per heavy atom. The van der Waals surface area contributed by atoms with E-state index in [1.807, 2.05) is 59.5 Å². The molecule has 1 amide bonds. The molecule has 0 fully saturated rings. The Morgan fingerprint density at radius 3 is 2.03 bits per heavy atom. The molecule has 150 valence electrons. The molecular weight excluding hydrogens is 392 g/mol. The summed E-state index contributed by atoms with van der Waals surface area (Å²) in [5, 5.41) is 0.623. The van der Waals surface area contributed by atoms with E-state index in [-0.39, 0.29) is 5.91 Å². The maximum Gasteiger partial charge on any atom is 0.254 e. The van der Waals surface area contributed by atoms with Gasteiger partial charge in [0.2, 0.25) is 0 Å². The van der Waals surface area contributed by atoms with Gasteiger partial charge in [-0.15, -0.1) is 0 Å². The maximum atomic E-state index is 13.3. The van der Waals surface area contributed by atoms with E-state index in [4.69, 9.17) is 11.6 Å². The lowest BCUT2D eigenvalue weighted by molar-refractivity contribution is 0.0726. The second kappa shape index (κ2) is 9.47. The molecule has 3 nitrogen and oxygen atoms in total. The van der Waals surface area contributed by atoms with Gasteiger partial charge in [0.25, 0.3) is 5.91 Å². The SMILES string of the molecule is O=C(c1ccc(Cl)cc1)N(Cc1ccccc1)Cc1cccn1Cc1ccccc1. The van der Waals surface area contributed by atoms with Crippen molar-refractivity contribution in [2.24, 2.45) is 0 Å². The standard InChI is InChI=1S/C26H23ClN2O/c27-24-15-13-23(14-16-24)26(30)29(19-22-10-5-2-6-11-22)20-25-12-7-17-28(25)18-21-8-3-1-4-9-21/h1-17H,18-20H2. The fourth-order valence-corrected chi connectivity index (χ4v) is 3.63. The Morgan fingerprint density at radius 1 is 0.733 bits per heavy atom. The third-order valence-corrected chi connectivity index (χ3v) is 5.32. The van der Waals surface area contributed by atoms with E-state index in [2.05, 4.69) is 29.0 Å². The zero-order valence-electron chi connectivity index (χ0n) is 16.6. The Balaban J connectivity index is 1.59. The van der Waals surface area contributed by atoms with Crippen molar-refractivity contribution in [3.63, 3.8) is 0 Å². The van der Waals surface area contributed by atoms with Crippen molar-refractivity contribution in [1.82, 2.24) is 9.47 Å². The van der Waals surface area contributed by atoms with Gasteiger partial charge in [-0.1, -0.05) is 72.3 Å². The minimum absolute atomic E-state index is 0.0111. The van der Waals surface area contributed by atoms with Crippen LogP contribution in [0.1, 0.15) is 27.2 Å². The third-order valence-electron chi connectivity index (χ3n) is 5.07. The van der Waals surface area contributed by atoms with E-state index in [1.54, 1.807) is 24.3 Å². The first-order chi connectivity index (χ1) is 14.7. The number of halogens is 1. The molecule has 0 bridgehead atoms. The Kier molecular flexibility index (Phi) is 6.31. The van der Waals surface area contributed by atoms with Crippen LogP contribution in [-0.4, -0.2) is 15.4 Å². The molecule has 0 aliphatic carbocycles. The fraction of sp³-hybridized carbons (Fsp3) is 0.115. The summed E-state index contributed by atoms with van der Waals surface area (Å²) in [6.45, 7) is 1.84. The average molecular weight is 415 g/mol. The molecule has 4 aromatic rings. The summed E-state index contributed by atoms with van der Waals surface area (Å²) in [7, 11) is 0. The van der Waals surface area contributed by atoms with Crippen LogP contribution in [0.3, 0.4) is 0 Å². The van der Waals surface area contributed by atoms with E-state index in [0.29, 0.717) is 23.7 Å². The van der Waals surface area contributed by atoms with Crippen molar-refractivity contribution in [2.75, 3.05) is 0 Å². The summed E-state index contributed by atoms with van der Waals surface area (Å²) >= 11 is 6.01. The van der Waals surface area contributed by atoms with Gasteiger partial charge in [-0.2, -0.15) is 0 Å². The molecule has 0 aliphatic rings. The van der Waals surface area contributed by atoms with Gasteiger partial charge >= 0.3 is 0 Å². The highest BCUT2D eigenvalue weighted by Gasteiger charge is 2.18. The molecule has 0 radical (unpaired) electrons. The summed E-state index contributed by atoms with van der Waals surface area (Å²) in [6.07, 6.45) is 2.07. The van der Waals surface area contributed by atoms with Crippen molar-refractivity contribution in [2.45, 2.75) is 19.6 Å². The zero-order valence-corrected chi connectivity index (χ0v) is 17.4. The highest BCUT2D eigenvalue weighted by molar-refractivity contribution is 6.30. The Hall–Kier alpha value is -3.30. The number of rotatable bonds is 7. The predicted molar refractivity (Wildman–Crippen MR) is 121 cm³/mol. The second-order valence-electron chi connectivity index (χ2n) is 7.27. The maximum absolute atomic E-state index is 13.3. The summed E-state index contributed by atoms with van der Waals surface area (Å²) in [5.74, 6) is -0.0111. The van der Waals surface area contributed by atoms with Crippen LogP contribution in [0.2, 0.25) is 5.02 Å². The van der Waals surface area contributed by atoms with Gasteiger partial charge in [0.05, 0.1) is 6.54 Å². The predicted octanol–water partition coefficient (Wildman–Crippen LogP) is 6.03. The first-order valence-electron chi connectivity index (χ1n) is 9.96. The molecule has 0 saturated heterocycles. The molecular formula is C26H23ClN2O. The third kappa shape index (κ3) is 5.00. The van der Waals surface area contributed by atoms with E-state index in [1.165, 1.54) is 5.56 Å². The van der Waals surface area contributed by atoms with Crippen LogP contribution in [0.5, 0.6) is 0 Å². The molecule has 0 atom stereocenters. The monoisotopic (exact) mass is 414 g/mol. The molecule has 0 unspecified atom stereocenters. The highest BCUT2D eigenvalue weighted by Crippen LogP contribution is 2.18. The Bertz CT molecular complexity index is 1090. The molecule has 4 heteroatoms. The number of carbonyl (C=O) groups is 1. The first-order valence-corrected chi connectivity index (χ1v) is 10.3. The van der Waals surface area contributed by atoms with Gasteiger partial charge in [0, 0.05) is 35.6 Å². The second-order valence-corrected chi connectivity index (χ2v) is 7.70. The minimum atomic E-state index is -0.0111. The van der Waals surface area contributed by atoms with Gasteiger partial charge in [-0.3, -0.25) is 4.79 Å². The number of aromatic nitrogens is 1. The average Bonchev–Trinajstić information content (AvgIpc) is 3.21. The number of carbonyl (C=O) groups excluding carboxylic acids is 1. The van der Waals surface area contributed by atoms with Crippen molar-refractivity contribution >= 4 is 17.5 Å². The van der Waals surface area contributed by atoms with Crippen LogP contribution in [0.25, 0.3) is 0 Å². The van der Waals surface area contributed by atoms with Crippen LogP contribution >= 0.6 is 11.6 Å². The fourth-order valence-electron chi connectivity index (χ4n) is 3.50. The van der Waals surface area contributed by atoms with Gasteiger partial charge in [-0.05, 0) is 47.5 Å². The lowest BCUT2D eigenvalue weighted by Crippen LogP contribution is -2.31. The highest BCUT2D eigenvalue weighted by atomic mass is 35.5. The van der Waals surface area contributed by atoms with Crippen LogP contribution < -0.4 is 0 Å². The van der Waals surface area contributed by atoms with Crippen molar-refractivity contribution < 1.29 is 4.79 Å². The van der Waals surface area contributed by atoms with Crippen molar-refractivity contribution in [1.29, 1.82) is 0 Å². The van der Waals surface area contributed by atoms with Gasteiger partial charge in [0.1, 0.15) is 0 Å². The molecule has 0 saturated carbocycles. The van der Waals surface area contributed by atoms with Crippen LogP contribution in [0, 0.1) is 0 Å². The number of nitrogens with zero attached hydrogens (tertiary/aromatic N) is 2. The lowest BCUT2D eigenvalue weighted by Gasteiger charge is -2.24. The van der Waals surface area contributed by atoms with Crippen molar-refractivity contribution in [3.05, 3.63) is 131 Å². The van der Waals surface area contributed by atoms with Crippen molar-refractivity contribution in [3.8, 4) is 0 Å². The molecule has 1 heterocycles. The topological polar surface area (TPSA) is 25.2 Å². The van der Waals surface area contributed by atoms with Crippen LogP contribution in [-0.2, 0) is 19.6 Å². The molecule has 0 spiro atoms. The molecule has 4 rings (SSSR count). The molecule has 1 aromatic heterocycles. The van der Waals surface area contributed by atoms with Crippen LogP contribution in [0.15, 0.2) is 103 Å². The molecule has 0 N–H and O–H groups in total. The number of benzene rings is 3. The van der Waals surface area contributed by atoms with Crippen LogP contribution in [0.4, 0.5) is 0 Å². The number of amides is 1. The molecule has 0 aliphatic heterocycles. The van der Waals surface area contributed by atoms with E-state index < -0.39 is 0 Å². The zero-order chi connectivity index (χ0) is 20.8. The quantitative estimate of drug-likeness (QED) is 0.362. The largest absolute Gasteiger partial charge is 0.345 e. The normalized spacial score (nSPS) is 10.7. The summed E-state index contributed by atoms with van der Waals surface area (Å²) in [4.78, 5) is 15.2.